The Bertz CT molecular complexity index is 511. The summed E-state index contributed by atoms with van der Waals surface area (Å²) in [5.74, 6) is 1.01. The summed E-state index contributed by atoms with van der Waals surface area (Å²) in [6.07, 6.45) is 4.12. The highest BCUT2D eigenvalue weighted by Crippen LogP contribution is 2.14. The molecule has 8 heteroatoms. The van der Waals surface area contributed by atoms with Crippen LogP contribution in [0.4, 0.5) is 0 Å². The van der Waals surface area contributed by atoms with E-state index in [1.165, 1.54) is 0 Å². The first-order valence-electron chi connectivity index (χ1n) is 6.45. The molecule has 2 aromatic heterocycles. The summed E-state index contributed by atoms with van der Waals surface area (Å²) in [5, 5.41) is 3.89. The average molecular weight is 281 g/mol. The van der Waals surface area contributed by atoms with Crippen LogP contribution < -0.4 is 5.73 Å². The van der Waals surface area contributed by atoms with Crippen LogP contribution in [0.3, 0.4) is 0 Å². The molecule has 0 spiro atoms. The van der Waals surface area contributed by atoms with Crippen LogP contribution in [0.1, 0.15) is 5.82 Å². The van der Waals surface area contributed by atoms with Crippen LogP contribution in [0.2, 0.25) is 0 Å². The van der Waals surface area contributed by atoms with Crippen LogP contribution in [0.25, 0.3) is 11.6 Å². The maximum atomic E-state index is 5.48. The molecular formula is C12H19N5O3. The van der Waals surface area contributed by atoms with Crippen molar-refractivity contribution in [2.75, 3.05) is 33.5 Å². The predicted octanol–water partition coefficient (Wildman–Crippen LogP) is 0.0973. The third-order valence-electron chi connectivity index (χ3n) is 2.61. The minimum Gasteiger partial charge on any atom is -0.382 e. The molecule has 0 saturated carbocycles. The van der Waals surface area contributed by atoms with E-state index in [0.29, 0.717) is 56.7 Å². The third kappa shape index (κ3) is 4.12. The molecule has 2 heterocycles. The van der Waals surface area contributed by atoms with Crippen LogP contribution in [-0.2, 0) is 22.4 Å². The SMILES string of the molecule is COCCOCCc1noc(-c2cn(CCN)cn2)n1. The quantitative estimate of drug-likeness (QED) is 0.650. The van der Waals surface area contributed by atoms with Crippen LogP contribution in [0, 0.1) is 0 Å². The van der Waals surface area contributed by atoms with Gasteiger partial charge in [0.25, 0.3) is 5.89 Å². The van der Waals surface area contributed by atoms with Crippen molar-refractivity contribution in [3.8, 4) is 11.6 Å². The van der Waals surface area contributed by atoms with Crippen LogP contribution in [0.15, 0.2) is 17.0 Å². The Morgan fingerprint density at radius 2 is 2.25 bits per heavy atom. The van der Waals surface area contributed by atoms with Gasteiger partial charge in [0.15, 0.2) is 5.82 Å². The second kappa shape index (κ2) is 7.73. The number of ether oxygens (including phenoxy) is 2. The van der Waals surface area contributed by atoms with Gasteiger partial charge in [-0.3, -0.25) is 0 Å². The highest BCUT2D eigenvalue weighted by molar-refractivity contribution is 5.44. The van der Waals surface area contributed by atoms with E-state index in [9.17, 15) is 0 Å². The number of nitrogens with zero attached hydrogens (tertiary/aromatic N) is 4. The number of nitrogens with two attached hydrogens (primary N) is 1. The fraction of sp³-hybridized carbons (Fsp3) is 0.583. The first-order valence-corrected chi connectivity index (χ1v) is 6.45. The normalized spacial score (nSPS) is 11.1. The number of rotatable bonds is 9. The molecule has 0 aliphatic heterocycles. The van der Waals surface area contributed by atoms with Crippen molar-refractivity contribution in [2.24, 2.45) is 5.73 Å². The molecule has 8 nitrogen and oxygen atoms in total. The molecule has 0 atom stereocenters. The second-order valence-corrected chi connectivity index (χ2v) is 4.16. The zero-order chi connectivity index (χ0) is 14.2. The highest BCUT2D eigenvalue weighted by atomic mass is 16.5. The van der Waals surface area contributed by atoms with E-state index in [2.05, 4.69) is 15.1 Å². The number of methoxy groups -OCH3 is 1. The predicted molar refractivity (Wildman–Crippen MR) is 71.0 cm³/mol. The molecule has 0 aliphatic rings. The van der Waals surface area contributed by atoms with Gasteiger partial charge in [0, 0.05) is 32.8 Å². The molecule has 0 unspecified atom stereocenters. The molecule has 0 bridgehead atoms. The minimum atomic E-state index is 0.410. The smallest absolute Gasteiger partial charge is 0.278 e. The van der Waals surface area contributed by atoms with Crippen molar-refractivity contribution in [3.05, 3.63) is 18.3 Å². The Labute approximate surface area is 116 Å². The highest BCUT2D eigenvalue weighted by Gasteiger charge is 2.11. The first-order chi connectivity index (χ1) is 9.83. The van der Waals surface area contributed by atoms with Gasteiger partial charge in [-0.15, -0.1) is 0 Å². The minimum absolute atomic E-state index is 0.410. The van der Waals surface area contributed by atoms with E-state index in [1.807, 2.05) is 10.8 Å². The molecule has 0 saturated heterocycles. The summed E-state index contributed by atoms with van der Waals surface area (Å²) in [6, 6.07) is 0. The lowest BCUT2D eigenvalue weighted by atomic mass is 10.4. The van der Waals surface area contributed by atoms with Gasteiger partial charge in [-0.25, -0.2) is 4.98 Å². The Morgan fingerprint density at radius 3 is 3.05 bits per heavy atom. The van der Waals surface area contributed by atoms with Gasteiger partial charge >= 0.3 is 0 Å². The Balaban J connectivity index is 1.84. The van der Waals surface area contributed by atoms with E-state index in [-0.39, 0.29) is 0 Å². The molecule has 0 amide bonds. The fourth-order valence-corrected chi connectivity index (χ4v) is 1.61. The van der Waals surface area contributed by atoms with Crippen LogP contribution in [-0.4, -0.2) is 53.2 Å². The standard InChI is InChI=1S/C12H19N5O3/c1-18-6-7-19-5-2-11-15-12(20-16-11)10-8-17(4-3-13)9-14-10/h8-9H,2-7,13H2,1H3. The van der Waals surface area contributed by atoms with Crippen molar-refractivity contribution < 1.29 is 14.0 Å². The molecule has 2 aromatic rings. The Kier molecular flexibility index (Phi) is 5.66. The summed E-state index contributed by atoms with van der Waals surface area (Å²) in [4.78, 5) is 8.48. The van der Waals surface area contributed by atoms with Crippen molar-refractivity contribution in [3.63, 3.8) is 0 Å². The van der Waals surface area contributed by atoms with E-state index < -0.39 is 0 Å². The largest absolute Gasteiger partial charge is 0.382 e. The topological polar surface area (TPSA) is 101 Å². The van der Waals surface area contributed by atoms with Crippen molar-refractivity contribution >= 4 is 0 Å². The van der Waals surface area contributed by atoms with Crippen molar-refractivity contribution in [2.45, 2.75) is 13.0 Å². The summed E-state index contributed by atoms with van der Waals surface area (Å²) < 4.78 is 17.3. The van der Waals surface area contributed by atoms with Gasteiger partial charge in [0.05, 0.1) is 26.1 Å². The van der Waals surface area contributed by atoms with Crippen molar-refractivity contribution in [1.29, 1.82) is 0 Å². The molecule has 0 radical (unpaired) electrons. The van der Waals surface area contributed by atoms with Crippen molar-refractivity contribution in [1.82, 2.24) is 19.7 Å². The van der Waals surface area contributed by atoms with E-state index in [0.717, 1.165) is 0 Å². The first kappa shape index (κ1) is 14.6. The molecule has 2 N–H and O–H groups in total. The lowest BCUT2D eigenvalue weighted by Gasteiger charge is -1.99. The fourth-order valence-electron chi connectivity index (χ4n) is 1.61. The zero-order valence-electron chi connectivity index (χ0n) is 11.5. The summed E-state index contributed by atoms with van der Waals surface area (Å²) in [5.41, 5.74) is 6.13. The molecule has 0 aromatic carbocycles. The lowest BCUT2D eigenvalue weighted by Crippen LogP contribution is -2.07. The third-order valence-corrected chi connectivity index (χ3v) is 2.61. The Hall–Kier alpha value is -1.77. The molecule has 0 aliphatic carbocycles. The van der Waals surface area contributed by atoms with Crippen LogP contribution in [0.5, 0.6) is 0 Å². The maximum absolute atomic E-state index is 5.48. The van der Waals surface area contributed by atoms with E-state index in [4.69, 9.17) is 19.7 Å². The number of imidazole rings is 1. The number of hydrogen-bond acceptors (Lipinski definition) is 7. The van der Waals surface area contributed by atoms with Crippen LogP contribution >= 0.6 is 0 Å². The number of aromatic nitrogens is 4. The van der Waals surface area contributed by atoms with Gasteiger partial charge < -0.3 is 24.3 Å². The van der Waals surface area contributed by atoms with Gasteiger partial charge in [-0.1, -0.05) is 5.16 Å². The summed E-state index contributed by atoms with van der Waals surface area (Å²) in [7, 11) is 1.64. The molecule has 0 fully saturated rings. The van der Waals surface area contributed by atoms with Gasteiger partial charge in [-0.05, 0) is 0 Å². The van der Waals surface area contributed by atoms with E-state index >= 15 is 0 Å². The van der Waals surface area contributed by atoms with Gasteiger partial charge in [0.1, 0.15) is 5.69 Å². The maximum Gasteiger partial charge on any atom is 0.278 e. The molecule has 110 valence electrons. The van der Waals surface area contributed by atoms with Gasteiger partial charge in [0.2, 0.25) is 0 Å². The zero-order valence-corrected chi connectivity index (χ0v) is 11.5. The summed E-state index contributed by atoms with van der Waals surface area (Å²) >= 11 is 0. The molecule has 20 heavy (non-hydrogen) atoms. The second-order valence-electron chi connectivity index (χ2n) is 4.16. The lowest BCUT2D eigenvalue weighted by molar-refractivity contribution is 0.0714. The Morgan fingerprint density at radius 1 is 1.35 bits per heavy atom. The van der Waals surface area contributed by atoms with Gasteiger partial charge in [-0.2, -0.15) is 4.98 Å². The molecule has 2 rings (SSSR count). The monoisotopic (exact) mass is 281 g/mol. The van der Waals surface area contributed by atoms with E-state index in [1.54, 1.807) is 13.4 Å². The average Bonchev–Trinajstić information content (AvgIpc) is 3.08. The number of hydrogen-bond donors (Lipinski definition) is 1. The molecular weight excluding hydrogens is 262 g/mol. The summed E-state index contributed by atoms with van der Waals surface area (Å²) in [6.45, 7) is 2.94.